The fourth-order valence-corrected chi connectivity index (χ4v) is 2.70. The third kappa shape index (κ3) is 4.10. The molecule has 0 unspecified atom stereocenters. The number of carboxylic acids is 1. The highest BCUT2D eigenvalue weighted by molar-refractivity contribution is 5.94. The number of para-hydroxylation sites is 1. The van der Waals surface area contributed by atoms with Gasteiger partial charge in [-0.25, -0.2) is 4.79 Å². The number of carbonyl (C=O) groups excluding carboxylic acids is 1. The number of phenols is 1. The average molecular weight is 350 g/mol. The van der Waals surface area contributed by atoms with Crippen LogP contribution in [-0.4, -0.2) is 33.1 Å². The molecular weight excluding hydrogens is 332 g/mol. The van der Waals surface area contributed by atoms with E-state index in [0.717, 1.165) is 22.0 Å². The minimum absolute atomic E-state index is 0.135. The van der Waals surface area contributed by atoms with Gasteiger partial charge in [0, 0.05) is 29.6 Å². The van der Waals surface area contributed by atoms with E-state index >= 15 is 0 Å². The van der Waals surface area contributed by atoms with E-state index in [9.17, 15) is 19.8 Å². The summed E-state index contributed by atoms with van der Waals surface area (Å²) in [6.45, 7) is 0. The van der Waals surface area contributed by atoms with Crippen LogP contribution in [0.2, 0.25) is 0 Å². The summed E-state index contributed by atoms with van der Waals surface area (Å²) in [7, 11) is 0. The van der Waals surface area contributed by atoms with E-state index in [1.807, 2.05) is 24.3 Å². The number of fused-ring (bicyclic) bond motifs is 1. The van der Waals surface area contributed by atoms with Gasteiger partial charge < -0.3 is 20.5 Å². The molecule has 1 aromatic heterocycles. The van der Waals surface area contributed by atoms with E-state index in [0.29, 0.717) is 0 Å². The third-order valence-electron chi connectivity index (χ3n) is 4.03. The highest BCUT2D eigenvalue weighted by atomic mass is 16.4. The third-order valence-corrected chi connectivity index (χ3v) is 4.03. The molecule has 1 heterocycles. The molecule has 2 aromatic carbocycles. The van der Waals surface area contributed by atoms with Crippen LogP contribution in [0.3, 0.4) is 0 Å². The fourth-order valence-electron chi connectivity index (χ4n) is 2.70. The first-order valence-corrected chi connectivity index (χ1v) is 8.08. The van der Waals surface area contributed by atoms with Crippen LogP contribution in [0.1, 0.15) is 11.1 Å². The lowest BCUT2D eigenvalue weighted by Crippen LogP contribution is -2.41. The number of phenolic OH excluding ortho intramolecular Hbond substituents is 1. The lowest BCUT2D eigenvalue weighted by atomic mass is 10.0. The molecule has 0 radical (unpaired) electrons. The number of aromatic nitrogens is 1. The molecule has 0 aliphatic carbocycles. The van der Waals surface area contributed by atoms with Crippen LogP contribution in [0.15, 0.2) is 60.8 Å². The SMILES string of the molecule is O=C(C=Cc1ccc(O)cc1)N[C@@H](Cc1c[nH]c2ccccc12)C(=O)O. The summed E-state index contributed by atoms with van der Waals surface area (Å²) in [5.74, 6) is -1.46. The molecule has 26 heavy (non-hydrogen) atoms. The average Bonchev–Trinajstić information content (AvgIpc) is 3.04. The number of hydrogen-bond acceptors (Lipinski definition) is 3. The Morgan fingerprint density at radius 3 is 2.58 bits per heavy atom. The second-order valence-corrected chi connectivity index (χ2v) is 5.89. The van der Waals surface area contributed by atoms with Gasteiger partial charge in [0.1, 0.15) is 11.8 Å². The molecular formula is C20H18N2O4. The number of aromatic amines is 1. The standard InChI is InChI=1S/C20H18N2O4/c23-15-8-5-13(6-9-15)7-10-19(24)22-18(20(25)26)11-14-12-21-17-4-2-1-3-16(14)17/h1-10,12,18,21,23H,11H2,(H,22,24)(H,25,26)/t18-/m0/s1. The molecule has 132 valence electrons. The van der Waals surface area contributed by atoms with Crippen molar-refractivity contribution in [1.29, 1.82) is 0 Å². The minimum Gasteiger partial charge on any atom is -0.508 e. The molecule has 3 aromatic rings. The number of aromatic hydroxyl groups is 1. The van der Waals surface area contributed by atoms with Gasteiger partial charge in [0.25, 0.3) is 0 Å². The highest BCUT2D eigenvalue weighted by Gasteiger charge is 2.21. The molecule has 6 heteroatoms. The van der Waals surface area contributed by atoms with Crippen molar-refractivity contribution in [3.05, 3.63) is 71.9 Å². The van der Waals surface area contributed by atoms with E-state index in [2.05, 4.69) is 10.3 Å². The van der Waals surface area contributed by atoms with E-state index in [1.165, 1.54) is 18.2 Å². The van der Waals surface area contributed by atoms with Crippen LogP contribution in [-0.2, 0) is 16.0 Å². The maximum Gasteiger partial charge on any atom is 0.326 e. The summed E-state index contributed by atoms with van der Waals surface area (Å²) >= 11 is 0. The molecule has 1 amide bonds. The number of carbonyl (C=O) groups is 2. The summed E-state index contributed by atoms with van der Waals surface area (Å²) in [6.07, 6.45) is 4.77. The van der Waals surface area contributed by atoms with Gasteiger partial charge in [0.15, 0.2) is 0 Å². The van der Waals surface area contributed by atoms with Crippen LogP contribution in [0.25, 0.3) is 17.0 Å². The number of hydrogen-bond donors (Lipinski definition) is 4. The molecule has 1 atom stereocenters. The zero-order valence-electron chi connectivity index (χ0n) is 13.8. The summed E-state index contributed by atoms with van der Waals surface area (Å²) in [5.41, 5.74) is 2.47. The van der Waals surface area contributed by atoms with Crippen LogP contribution in [0.4, 0.5) is 0 Å². The van der Waals surface area contributed by atoms with Gasteiger partial charge >= 0.3 is 5.97 Å². The van der Waals surface area contributed by atoms with Gasteiger partial charge in [-0.2, -0.15) is 0 Å². The first kappa shape index (κ1) is 17.3. The van der Waals surface area contributed by atoms with Crippen LogP contribution < -0.4 is 5.32 Å². The number of benzene rings is 2. The Balaban J connectivity index is 1.69. The maximum atomic E-state index is 12.1. The van der Waals surface area contributed by atoms with Gasteiger partial charge in [0.2, 0.25) is 5.91 Å². The zero-order valence-corrected chi connectivity index (χ0v) is 13.8. The van der Waals surface area contributed by atoms with Gasteiger partial charge in [-0.15, -0.1) is 0 Å². The molecule has 0 fully saturated rings. The lowest BCUT2D eigenvalue weighted by Gasteiger charge is -2.12. The van der Waals surface area contributed by atoms with Gasteiger partial charge in [-0.05, 0) is 35.4 Å². The summed E-state index contributed by atoms with van der Waals surface area (Å²) < 4.78 is 0. The number of carboxylic acid groups (broad SMARTS) is 1. The Hall–Kier alpha value is -3.54. The van der Waals surface area contributed by atoms with E-state index in [-0.39, 0.29) is 12.2 Å². The minimum atomic E-state index is -1.10. The Kier molecular flexibility index (Phi) is 5.03. The van der Waals surface area contributed by atoms with Gasteiger partial charge in [-0.1, -0.05) is 30.3 Å². The lowest BCUT2D eigenvalue weighted by molar-refractivity contribution is -0.141. The Morgan fingerprint density at radius 1 is 1.12 bits per heavy atom. The molecule has 3 rings (SSSR count). The summed E-state index contributed by atoms with van der Waals surface area (Å²) in [5, 5.41) is 22.1. The Labute approximate surface area is 149 Å². The van der Waals surface area contributed by atoms with Crippen molar-refractivity contribution in [2.75, 3.05) is 0 Å². The Morgan fingerprint density at radius 2 is 1.85 bits per heavy atom. The fraction of sp³-hybridized carbons (Fsp3) is 0.100. The van der Waals surface area contributed by atoms with E-state index in [1.54, 1.807) is 24.4 Å². The van der Waals surface area contributed by atoms with Crippen molar-refractivity contribution >= 4 is 28.9 Å². The quantitative estimate of drug-likeness (QED) is 0.513. The Bertz CT molecular complexity index is 957. The van der Waals surface area contributed by atoms with Crippen molar-refractivity contribution in [1.82, 2.24) is 10.3 Å². The van der Waals surface area contributed by atoms with Crippen molar-refractivity contribution in [3.63, 3.8) is 0 Å². The summed E-state index contributed by atoms with van der Waals surface area (Å²) in [6, 6.07) is 12.9. The number of amides is 1. The largest absolute Gasteiger partial charge is 0.508 e. The number of H-pyrrole nitrogens is 1. The molecule has 0 bridgehead atoms. The molecule has 0 spiro atoms. The van der Waals surface area contributed by atoms with E-state index in [4.69, 9.17) is 0 Å². The van der Waals surface area contributed by atoms with Gasteiger partial charge in [-0.3, -0.25) is 4.79 Å². The topological polar surface area (TPSA) is 102 Å². The number of aliphatic carboxylic acids is 1. The van der Waals surface area contributed by atoms with Crippen LogP contribution >= 0.6 is 0 Å². The second kappa shape index (κ2) is 7.57. The normalized spacial score (nSPS) is 12.3. The molecule has 6 nitrogen and oxygen atoms in total. The monoisotopic (exact) mass is 350 g/mol. The molecule has 0 saturated heterocycles. The predicted molar refractivity (Wildman–Crippen MR) is 98.7 cm³/mol. The van der Waals surface area contributed by atoms with Crippen LogP contribution in [0.5, 0.6) is 5.75 Å². The van der Waals surface area contributed by atoms with Crippen LogP contribution in [0, 0.1) is 0 Å². The second-order valence-electron chi connectivity index (χ2n) is 5.89. The zero-order chi connectivity index (χ0) is 18.5. The van der Waals surface area contributed by atoms with Crippen molar-refractivity contribution in [2.45, 2.75) is 12.5 Å². The van der Waals surface area contributed by atoms with Gasteiger partial charge in [0.05, 0.1) is 0 Å². The van der Waals surface area contributed by atoms with E-state index < -0.39 is 17.9 Å². The molecule has 4 N–H and O–H groups in total. The van der Waals surface area contributed by atoms with Crippen molar-refractivity contribution in [2.24, 2.45) is 0 Å². The highest BCUT2D eigenvalue weighted by Crippen LogP contribution is 2.19. The number of nitrogens with one attached hydrogen (secondary N) is 2. The smallest absolute Gasteiger partial charge is 0.326 e. The first-order chi connectivity index (χ1) is 12.5. The summed E-state index contributed by atoms with van der Waals surface area (Å²) in [4.78, 5) is 26.7. The number of rotatable bonds is 6. The molecule has 0 saturated carbocycles. The maximum absolute atomic E-state index is 12.1. The van der Waals surface area contributed by atoms with Crippen molar-refractivity contribution < 1.29 is 19.8 Å². The van der Waals surface area contributed by atoms with Crippen molar-refractivity contribution in [3.8, 4) is 5.75 Å². The first-order valence-electron chi connectivity index (χ1n) is 8.08. The molecule has 0 aliphatic heterocycles. The predicted octanol–water partition coefficient (Wildman–Crippen LogP) is 2.70. The molecule has 0 aliphatic rings.